The van der Waals surface area contributed by atoms with Crippen molar-refractivity contribution in [2.75, 3.05) is 23.3 Å². The molecule has 0 saturated heterocycles. The van der Waals surface area contributed by atoms with Crippen molar-refractivity contribution in [3.05, 3.63) is 42.2 Å². The molecule has 1 saturated carbocycles. The van der Waals surface area contributed by atoms with Gasteiger partial charge in [0.05, 0.1) is 6.54 Å². The van der Waals surface area contributed by atoms with E-state index in [-0.39, 0.29) is 5.91 Å². The highest BCUT2D eigenvalue weighted by atomic mass is 16.5. The molecular formula is C16H19N3O2. The first kappa shape index (κ1) is 13.7. The number of rotatable bonds is 6. The van der Waals surface area contributed by atoms with Crippen LogP contribution < -0.4 is 10.2 Å². The third kappa shape index (κ3) is 3.84. The van der Waals surface area contributed by atoms with Crippen LogP contribution in [-0.2, 0) is 4.79 Å². The molecule has 0 aliphatic heterocycles. The smallest absolute Gasteiger partial charge is 0.245 e. The molecule has 21 heavy (non-hydrogen) atoms. The van der Waals surface area contributed by atoms with Crippen LogP contribution in [0.15, 0.2) is 40.9 Å². The highest BCUT2D eigenvalue weighted by Gasteiger charge is 2.25. The Kier molecular flexibility index (Phi) is 3.90. The Bertz CT molecular complexity index is 605. The van der Waals surface area contributed by atoms with Crippen LogP contribution in [0.4, 0.5) is 11.5 Å². The molecule has 1 aliphatic rings. The predicted octanol–water partition coefficient (Wildman–Crippen LogP) is 2.84. The summed E-state index contributed by atoms with van der Waals surface area (Å²) in [7, 11) is 0. The van der Waals surface area contributed by atoms with Gasteiger partial charge in [-0.3, -0.25) is 4.79 Å². The number of anilines is 2. The van der Waals surface area contributed by atoms with Crippen molar-refractivity contribution >= 4 is 17.4 Å². The lowest BCUT2D eigenvalue weighted by atomic mass is 10.2. The second-order valence-corrected chi connectivity index (χ2v) is 5.53. The summed E-state index contributed by atoms with van der Waals surface area (Å²) < 4.78 is 4.95. The third-order valence-electron chi connectivity index (χ3n) is 3.53. The zero-order chi connectivity index (χ0) is 14.7. The number of para-hydroxylation sites is 1. The molecule has 1 aliphatic carbocycles. The molecule has 5 nitrogen and oxygen atoms in total. The van der Waals surface area contributed by atoms with Crippen LogP contribution in [0.3, 0.4) is 0 Å². The van der Waals surface area contributed by atoms with Gasteiger partial charge in [0.2, 0.25) is 5.91 Å². The molecule has 1 fully saturated rings. The normalized spacial score (nSPS) is 14.0. The zero-order valence-corrected chi connectivity index (χ0v) is 12.1. The minimum Gasteiger partial charge on any atom is -0.362 e. The van der Waals surface area contributed by atoms with E-state index in [0.717, 1.165) is 12.2 Å². The van der Waals surface area contributed by atoms with Gasteiger partial charge in [-0.15, -0.1) is 0 Å². The first-order chi connectivity index (χ1) is 10.2. The first-order valence-corrected chi connectivity index (χ1v) is 7.24. The maximum Gasteiger partial charge on any atom is 0.245 e. The monoisotopic (exact) mass is 285 g/mol. The third-order valence-corrected chi connectivity index (χ3v) is 3.53. The maximum atomic E-state index is 12.2. The Balaban J connectivity index is 1.64. The van der Waals surface area contributed by atoms with Gasteiger partial charge < -0.3 is 14.7 Å². The number of aromatic nitrogens is 1. The minimum absolute atomic E-state index is 0.0761. The van der Waals surface area contributed by atoms with Crippen LogP contribution in [0.2, 0.25) is 0 Å². The van der Waals surface area contributed by atoms with Gasteiger partial charge in [0.15, 0.2) is 5.82 Å². The first-order valence-electron chi connectivity index (χ1n) is 7.24. The fourth-order valence-corrected chi connectivity index (χ4v) is 2.29. The molecule has 3 rings (SSSR count). The molecule has 5 heteroatoms. The van der Waals surface area contributed by atoms with E-state index in [1.165, 1.54) is 12.8 Å². The Hall–Kier alpha value is -2.30. The van der Waals surface area contributed by atoms with Crippen LogP contribution in [0.1, 0.15) is 18.6 Å². The SMILES string of the molecule is Cc1cc(NC(=O)CN(CC2CC2)c2ccccc2)no1. The minimum atomic E-state index is -0.0761. The fraction of sp³-hybridized carbons (Fsp3) is 0.375. The number of benzene rings is 1. The van der Waals surface area contributed by atoms with Gasteiger partial charge >= 0.3 is 0 Å². The van der Waals surface area contributed by atoms with Gasteiger partial charge in [0.1, 0.15) is 5.76 Å². The van der Waals surface area contributed by atoms with Crippen LogP contribution >= 0.6 is 0 Å². The number of nitrogens with zero attached hydrogens (tertiary/aromatic N) is 2. The molecule has 0 atom stereocenters. The summed E-state index contributed by atoms with van der Waals surface area (Å²) in [6, 6.07) is 11.8. The second kappa shape index (κ2) is 5.99. The summed E-state index contributed by atoms with van der Waals surface area (Å²) >= 11 is 0. The number of carbonyl (C=O) groups is 1. The Morgan fingerprint density at radius 1 is 1.38 bits per heavy atom. The number of carbonyl (C=O) groups excluding carboxylic acids is 1. The van der Waals surface area contributed by atoms with Crippen molar-refractivity contribution in [2.24, 2.45) is 5.92 Å². The van der Waals surface area contributed by atoms with E-state index < -0.39 is 0 Å². The van der Waals surface area contributed by atoms with E-state index in [9.17, 15) is 4.79 Å². The fourth-order valence-electron chi connectivity index (χ4n) is 2.29. The zero-order valence-electron chi connectivity index (χ0n) is 12.1. The van der Waals surface area contributed by atoms with E-state index in [1.807, 2.05) is 30.3 Å². The summed E-state index contributed by atoms with van der Waals surface area (Å²) in [4.78, 5) is 14.3. The highest BCUT2D eigenvalue weighted by molar-refractivity contribution is 5.93. The largest absolute Gasteiger partial charge is 0.362 e. The van der Waals surface area contributed by atoms with E-state index in [4.69, 9.17) is 4.52 Å². The van der Waals surface area contributed by atoms with Crippen molar-refractivity contribution in [3.8, 4) is 0 Å². The maximum absolute atomic E-state index is 12.2. The van der Waals surface area contributed by atoms with Gasteiger partial charge in [-0.1, -0.05) is 23.4 Å². The van der Waals surface area contributed by atoms with Gasteiger partial charge in [-0.2, -0.15) is 0 Å². The molecule has 1 aromatic heterocycles. The summed E-state index contributed by atoms with van der Waals surface area (Å²) in [5.41, 5.74) is 1.08. The average molecular weight is 285 g/mol. The number of hydrogen-bond acceptors (Lipinski definition) is 4. The lowest BCUT2D eigenvalue weighted by Gasteiger charge is -2.24. The van der Waals surface area contributed by atoms with Crippen LogP contribution in [0.5, 0.6) is 0 Å². The molecule has 0 bridgehead atoms. The Morgan fingerprint density at radius 2 is 2.14 bits per heavy atom. The summed E-state index contributed by atoms with van der Waals surface area (Å²) in [5, 5.41) is 6.55. The van der Waals surface area contributed by atoms with Crippen molar-refractivity contribution in [2.45, 2.75) is 19.8 Å². The van der Waals surface area contributed by atoms with Gasteiger partial charge in [0.25, 0.3) is 0 Å². The van der Waals surface area contributed by atoms with Crippen molar-refractivity contribution in [1.82, 2.24) is 5.16 Å². The Morgan fingerprint density at radius 3 is 2.76 bits per heavy atom. The molecule has 2 aromatic rings. The van der Waals surface area contributed by atoms with Crippen molar-refractivity contribution in [1.29, 1.82) is 0 Å². The number of hydrogen-bond donors (Lipinski definition) is 1. The predicted molar refractivity (Wildman–Crippen MR) is 81.2 cm³/mol. The van der Waals surface area contributed by atoms with Crippen LogP contribution in [0, 0.1) is 12.8 Å². The second-order valence-electron chi connectivity index (χ2n) is 5.53. The van der Waals surface area contributed by atoms with Crippen LogP contribution in [0.25, 0.3) is 0 Å². The molecular weight excluding hydrogens is 266 g/mol. The van der Waals surface area contributed by atoms with E-state index in [1.54, 1.807) is 13.0 Å². The topological polar surface area (TPSA) is 58.4 Å². The van der Waals surface area contributed by atoms with Crippen molar-refractivity contribution < 1.29 is 9.32 Å². The lowest BCUT2D eigenvalue weighted by molar-refractivity contribution is -0.115. The highest BCUT2D eigenvalue weighted by Crippen LogP contribution is 2.31. The number of aryl methyl sites for hydroxylation is 1. The summed E-state index contributed by atoms with van der Waals surface area (Å²) in [6.45, 7) is 3.05. The average Bonchev–Trinajstić information content (AvgIpc) is 3.21. The number of amides is 1. The van der Waals surface area contributed by atoms with E-state index in [0.29, 0.717) is 24.0 Å². The molecule has 1 N–H and O–H groups in total. The van der Waals surface area contributed by atoms with Crippen molar-refractivity contribution in [3.63, 3.8) is 0 Å². The summed E-state index contributed by atoms with van der Waals surface area (Å²) in [5.74, 6) is 1.79. The van der Waals surface area contributed by atoms with Gasteiger partial charge in [-0.05, 0) is 37.8 Å². The number of nitrogens with one attached hydrogen (secondary N) is 1. The van der Waals surface area contributed by atoms with E-state index >= 15 is 0 Å². The lowest BCUT2D eigenvalue weighted by Crippen LogP contribution is -2.34. The molecule has 1 aromatic carbocycles. The molecule has 1 heterocycles. The molecule has 0 spiro atoms. The summed E-state index contributed by atoms with van der Waals surface area (Å²) in [6.07, 6.45) is 2.51. The quantitative estimate of drug-likeness (QED) is 0.886. The molecule has 1 amide bonds. The van der Waals surface area contributed by atoms with Gasteiger partial charge in [-0.25, -0.2) is 0 Å². The standard InChI is InChI=1S/C16H19N3O2/c1-12-9-15(18-21-12)17-16(20)11-19(10-13-7-8-13)14-5-3-2-4-6-14/h2-6,9,13H,7-8,10-11H2,1H3,(H,17,18,20). The molecule has 0 unspecified atom stereocenters. The van der Waals surface area contributed by atoms with Gasteiger partial charge in [0, 0.05) is 18.3 Å². The molecule has 110 valence electrons. The van der Waals surface area contributed by atoms with E-state index in [2.05, 4.69) is 15.4 Å². The Labute approximate surface area is 123 Å². The molecule has 0 radical (unpaired) electrons. The van der Waals surface area contributed by atoms with Crippen LogP contribution in [-0.4, -0.2) is 24.2 Å².